The van der Waals surface area contributed by atoms with Crippen LogP contribution in [-0.2, 0) is 0 Å². The summed E-state index contributed by atoms with van der Waals surface area (Å²) in [6.07, 6.45) is -0.0637. The van der Waals surface area contributed by atoms with Crippen molar-refractivity contribution in [3.8, 4) is 0 Å². The molecule has 2 heterocycles. The van der Waals surface area contributed by atoms with Gasteiger partial charge in [0.25, 0.3) is 5.56 Å². The van der Waals surface area contributed by atoms with Gasteiger partial charge in [-0.25, -0.2) is 4.79 Å². The molecule has 4 N–H and O–H groups in total. The molecule has 1 aromatic heterocycles. The van der Waals surface area contributed by atoms with Crippen LogP contribution in [0.25, 0.3) is 0 Å². The molecule has 0 bridgehead atoms. The summed E-state index contributed by atoms with van der Waals surface area (Å²) in [6.45, 7) is 1.26. The average Bonchev–Trinajstić information content (AvgIpc) is 2.69. The van der Waals surface area contributed by atoms with Crippen LogP contribution in [0.15, 0.2) is 15.8 Å². The van der Waals surface area contributed by atoms with E-state index in [-0.39, 0.29) is 22.8 Å². The molecule has 8 heteroatoms. The zero-order valence-electron chi connectivity index (χ0n) is 10.3. The molecular formula is C11H16N2O5S. The minimum absolute atomic E-state index is 0.0992. The zero-order valence-corrected chi connectivity index (χ0v) is 11.1. The summed E-state index contributed by atoms with van der Waals surface area (Å²) < 4.78 is 1.28. The Morgan fingerprint density at radius 1 is 1.58 bits per heavy atom. The minimum Gasteiger partial charge on any atom is -0.395 e. The second-order valence-corrected chi connectivity index (χ2v) is 5.96. The lowest BCUT2D eigenvalue weighted by molar-refractivity contribution is 0.137. The Bertz CT molecular complexity index is 567. The molecule has 2 rings (SSSR count). The lowest BCUT2D eigenvalue weighted by atomic mass is 10.2. The molecule has 0 saturated carbocycles. The first-order valence-corrected chi connectivity index (χ1v) is 6.86. The number of hydrogen-bond acceptors (Lipinski definition) is 6. The van der Waals surface area contributed by atoms with Gasteiger partial charge in [-0.05, 0) is 6.92 Å². The maximum Gasteiger partial charge on any atom is 0.329 e. The van der Waals surface area contributed by atoms with Gasteiger partial charge in [-0.3, -0.25) is 14.3 Å². The van der Waals surface area contributed by atoms with E-state index >= 15 is 0 Å². The number of H-pyrrole nitrogens is 1. The average molecular weight is 288 g/mol. The Balaban J connectivity index is 2.38. The van der Waals surface area contributed by atoms with Crippen molar-refractivity contribution in [3.63, 3.8) is 0 Å². The molecule has 1 fully saturated rings. The van der Waals surface area contributed by atoms with Crippen molar-refractivity contribution in [2.24, 2.45) is 0 Å². The lowest BCUT2D eigenvalue weighted by Crippen LogP contribution is -2.33. The van der Waals surface area contributed by atoms with E-state index in [1.54, 1.807) is 0 Å². The van der Waals surface area contributed by atoms with Gasteiger partial charge in [0.1, 0.15) is 0 Å². The molecule has 106 valence electrons. The molecule has 2 unspecified atom stereocenters. The van der Waals surface area contributed by atoms with Gasteiger partial charge in [0, 0.05) is 12.6 Å². The van der Waals surface area contributed by atoms with Gasteiger partial charge in [-0.1, -0.05) is 0 Å². The molecule has 0 aliphatic carbocycles. The van der Waals surface area contributed by atoms with Gasteiger partial charge in [-0.15, -0.1) is 11.8 Å². The summed E-state index contributed by atoms with van der Waals surface area (Å²) in [5.74, 6) is 0. The predicted octanol–water partition coefficient (Wildman–Crippen LogP) is -1.05. The summed E-state index contributed by atoms with van der Waals surface area (Å²) in [5.41, 5.74) is -1.10. The van der Waals surface area contributed by atoms with Crippen molar-refractivity contribution in [1.29, 1.82) is 0 Å². The van der Waals surface area contributed by atoms with Gasteiger partial charge in [0.2, 0.25) is 0 Å². The third-order valence-electron chi connectivity index (χ3n) is 3.14. The SMILES string of the molecule is CC(O)c1cn(C2C[C@H](O)[C@@H](CO)S2)c(=O)[nH]c1=O. The summed E-state index contributed by atoms with van der Waals surface area (Å²) in [4.78, 5) is 25.4. The highest BCUT2D eigenvalue weighted by molar-refractivity contribution is 8.00. The Hall–Kier alpha value is -1.09. The van der Waals surface area contributed by atoms with Crippen LogP contribution in [0.3, 0.4) is 0 Å². The predicted molar refractivity (Wildman–Crippen MR) is 70.1 cm³/mol. The summed E-state index contributed by atoms with van der Waals surface area (Å²) >= 11 is 1.27. The first kappa shape index (κ1) is 14.3. The van der Waals surface area contributed by atoms with E-state index in [9.17, 15) is 19.8 Å². The largest absolute Gasteiger partial charge is 0.395 e. The molecule has 0 amide bonds. The molecule has 4 atom stereocenters. The fourth-order valence-corrected chi connectivity index (χ4v) is 3.44. The van der Waals surface area contributed by atoms with E-state index in [4.69, 9.17) is 5.11 Å². The Morgan fingerprint density at radius 2 is 2.26 bits per heavy atom. The fraction of sp³-hybridized carbons (Fsp3) is 0.636. The summed E-state index contributed by atoms with van der Waals surface area (Å²) in [7, 11) is 0. The third-order valence-corrected chi connectivity index (χ3v) is 4.69. The summed E-state index contributed by atoms with van der Waals surface area (Å²) in [6, 6.07) is 0. The lowest BCUT2D eigenvalue weighted by Gasteiger charge is -2.14. The van der Waals surface area contributed by atoms with Crippen LogP contribution in [0, 0.1) is 0 Å². The first-order chi connectivity index (χ1) is 8.93. The highest BCUT2D eigenvalue weighted by atomic mass is 32.2. The van der Waals surface area contributed by atoms with Crippen molar-refractivity contribution < 1.29 is 15.3 Å². The molecule has 1 saturated heterocycles. The summed E-state index contributed by atoms with van der Waals surface area (Å²) in [5, 5.41) is 27.6. The molecule has 1 aliphatic heterocycles. The fourth-order valence-electron chi connectivity index (χ4n) is 2.06. The number of aliphatic hydroxyl groups excluding tert-OH is 3. The highest BCUT2D eigenvalue weighted by Gasteiger charge is 2.35. The first-order valence-electron chi connectivity index (χ1n) is 5.92. The van der Waals surface area contributed by atoms with E-state index in [0.29, 0.717) is 6.42 Å². The molecule has 19 heavy (non-hydrogen) atoms. The van der Waals surface area contributed by atoms with Crippen LogP contribution >= 0.6 is 11.8 Å². The number of aliphatic hydroxyl groups is 3. The molecular weight excluding hydrogens is 272 g/mol. The number of nitrogens with zero attached hydrogens (tertiary/aromatic N) is 1. The van der Waals surface area contributed by atoms with Gasteiger partial charge >= 0.3 is 5.69 Å². The van der Waals surface area contributed by atoms with E-state index < -0.39 is 23.5 Å². The van der Waals surface area contributed by atoms with Crippen LogP contribution in [0.2, 0.25) is 0 Å². The second-order valence-electron chi connectivity index (χ2n) is 4.54. The van der Waals surface area contributed by atoms with Gasteiger partial charge in [0.05, 0.1) is 35.0 Å². The molecule has 1 aliphatic rings. The van der Waals surface area contributed by atoms with Crippen LogP contribution in [0.5, 0.6) is 0 Å². The number of nitrogens with one attached hydrogen (secondary N) is 1. The van der Waals surface area contributed by atoms with Crippen LogP contribution < -0.4 is 11.2 Å². The van der Waals surface area contributed by atoms with Crippen molar-refractivity contribution in [2.45, 2.75) is 36.2 Å². The topological polar surface area (TPSA) is 116 Å². The van der Waals surface area contributed by atoms with Crippen LogP contribution in [0.1, 0.15) is 30.4 Å². The van der Waals surface area contributed by atoms with Crippen molar-refractivity contribution >= 4 is 11.8 Å². The van der Waals surface area contributed by atoms with Crippen LogP contribution in [-0.4, -0.2) is 42.8 Å². The van der Waals surface area contributed by atoms with Crippen molar-refractivity contribution in [1.82, 2.24) is 9.55 Å². The van der Waals surface area contributed by atoms with Crippen molar-refractivity contribution in [3.05, 3.63) is 32.6 Å². The van der Waals surface area contributed by atoms with E-state index in [2.05, 4.69) is 4.98 Å². The monoisotopic (exact) mass is 288 g/mol. The maximum absolute atomic E-state index is 11.8. The van der Waals surface area contributed by atoms with E-state index in [1.807, 2.05) is 0 Å². The smallest absolute Gasteiger partial charge is 0.329 e. The van der Waals surface area contributed by atoms with Gasteiger partial charge < -0.3 is 15.3 Å². The van der Waals surface area contributed by atoms with E-state index in [0.717, 1.165) is 0 Å². The normalized spacial score (nSPS) is 28.5. The zero-order chi connectivity index (χ0) is 14.2. The number of aromatic nitrogens is 2. The third kappa shape index (κ3) is 2.76. The Labute approximate surface area is 112 Å². The Kier molecular flexibility index (Phi) is 4.14. The van der Waals surface area contributed by atoms with E-state index in [1.165, 1.54) is 29.4 Å². The molecule has 0 aromatic carbocycles. The number of rotatable bonds is 3. The van der Waals surface area contributed by atoms with Gasteiger partial charge in [0.15, 0.2) is 0 Å². The Morgan fingerprint density at radius 3 is 2.79 bits per heavy atom. The standard InChI is InChI=1S/C11H16N2O5S/c1-5(15)6-3-13(11(18)12-10(6)17)9-2-7(16)8(4-14)19-9/h3,5,7-9,14-16H,2,4H2,1H3,(H,12,17,18)/t5?,7-,8+,9?/m0/s1. The number of hydrogen-bond donors (Lipinski definition) is 4. The molecule has 0 spiro atoms. The highest BCUT2D eigenvalue weighted by Crippen LogP contribution is 2.40. The maximum atomic E-state index is 11.8. The number of aromatic amines is 1. The van der Waals surface area contributed by atoms with Crippen molar-refractivity contribution in [2.75, 3.05) is 6.61 Å². The number of thioether (sulfide) groups is 1. The van der Waals surface area contributed by atoms with Crippen LogP contribution in [0.4, 0.5) is 0 Å². The molecule has 1 aromatic rings. The second kappa shape index (κ2) is 5.49. The minimum atomic E-state index is -0.986. The quantitative estimate of drug-likeness (QED) is 0.564. The molecule has 0 radical (unpaired) electrons. The molecule has 7 nitrogen and oxygen atoms in total. The van der Waals surface area contributed by atoms with Gasteiger partial charge in [-0.2, -0.15) is 0 Å².